The Balaban J connectivity index is 2.42. The minimum Gasteiger partial charge on any atom is -0.463 e. The lowest BCUT2D eigenvalue weighted by atomic mass is 9.97. The topological polar surface area (TPSA) is 185 Å². The molecule has 2 aliphatic heterocycles. The Labute approximate surface area is 224 Å². The first-order chi connectivity index (χ1) is 18.2. The molecule has 0 N–H and O–H groups in total. The van der Waals surface area contributed by atoms with Crippen LogP contribution < -0.4 is 0 Å². The molecule has 0 aromatic heterocycles. The summed E-state index contributed by atoms with van der Waals surface area (Å²) >= 11 is 0. The van der Waals surface area contributed by atoms with Crippen molar-refractivity contribution in [3.8, 4) is 0 Å². The summed E-state index contributed by atoms with van der Waals surface area (Å²) in [6.45, 7) is 7.72. The van der Waals surface area contributed by atoms with Gasteiger partial charge in [0.2, 0.25) is 0 Å². The SMILES string of the molecule is CC(=O)OCC1OCC(O[C@@H]2OC(C)[C@H](OC(C)=O)C(OC(C)=O)C2OC(C)=O)C(OC(C)=O)[C@@H]1OC(C)=O. The van der Waals surface area contributed by atoms with Crippen LogP contribution in [0.1, 0.15) is 48.5 Å². The second kappa shape index (κ2) is 14.2. The van der Waals surface area contributed by atoms with Crippen LogP contribution in [0.15, 0.2) is 0 Å². The van der Waals surface area contributed by atoms with Crippen molar-refractivity contribution in [1.29, 1.82) is 0 Å². The van der Waals surface area contributed by atoms with Crippen molar-refractivity contribution < 1.29 is 71.4 Å². The van der Waals surface area contributed by atoms with E-state index in [9.17, 15) is 28.8 Å². The van der Waals surface area contributed by atoms with Crippen LogP contribution in [-0.2, 0) is 71.4 Å². The van der Waals surface area contributed by atoms with Crippen LogP contribution in [0, 0.1) is 0 Å². The van der Waals surface area contributed by atoms with Gasteiger partial charge in [0, 0.05) is 41.5 Å². The molecular formula is C24H34O15. The average molecular weight is 563 g/mol. The summed E-state index contributed by atoms with van der Waals surface area (Å²) < 4.78 is 49.4. The molecule has 0 aromatic carbocycles. The van der Waals surface area contributed by atoms with Crippen LogP contribution in [0.5, 0.6) is 0 Å². The molecule has 0 saturated carbocycles. The molecule has 0 bridgehead atoms. The van der Waals surface area contributed by atoms with Crippen LogP contribution in [0.3, 0.4) is 0 Å². The Morgan fingerprint density at radius 2 is 1.08 bits per heavy atom. The maximum Gasteiger partial charge on any atom is 0.303 e. The summed E-state index contributed by atoms with van der Waals surface area (Å²) in [5.74, 6) is -4.36. The Bertz CT molecular complexity index is 932. The van der Waals surface area contributed by atoms with E-state index >= 15 is 0 Å². The molecule has 2 aliphatic rings. The van der Waals surface area contributed by atoms with Gasteiger partial charge < -0.3 is 42.6 Å². The highest BCUT2D eigenvalue weighted by molar-refractivity contribution is 5.69. The van der Waals surface area contributed by atoms with E-state index < -0.39 is 90.9 Å². The monoisotopic (exact) mass is 562 g/mol. The molecule has 9 atom stereocenters. The van der Waals surface area contributed by atoms with Gasteiger partial charge in [-0.3, -0.25) is 28.8 Å². The molecule has 2 fully saturated rings. The van der Waals surface area contributed by atoms with E-state index in [1.165, 1.54) is 13.8 Å². The third-order valence-corrected chi connectivity index (χ3v) is 5.53. The van der Waals surface area contributed by atoms with E-state index in [1.54, 1.807) is 0 Å². The third kappa shape index (κ3) is 9.44. The molecule has 39 heavy (non-hydrogen) atoms. The van der Waals surface area contributed by atoms with Gasteiger partial charge in [-0.1, -0.05) is 0 Å². The zero-order valence-corrected chi connectivity index (χ0v) is 22.7. The highest BCUT2D eigenvalue weighted by atomic mass is 16.7. The van der Waals surface area contributed by atoms with Crippen molar-refractivity contribution in [1.82, 2.24) is 0 Å². The fourth-order valence-corrected chi connectivity index (χ4v) is 4.21. The standard InChI is InChI=1S/C24H34O15/c1-10-19(34-12(3)26)22(37-15(6)29)23(38-16(7)30)24(33-10)39-18-9-32-17(8-31-11(2)25)20(35-13(4)27)21(18)36-14(5)28/h10,17-24H,8-9H2,1-7H3/t10?,17?,18?,19-,20+,21?,22?,23?,24-/m0/s1. The zero-order valence-electron chi connectivity index (χ0n) is 22.7. The van der Waals surface area contributed by atoms with Crippen molar-refractivity contribution in [3.05, 3.63) is 0 Å². The molecule has 15 heteroatoms. The van der Waals surface area contributed by atoms with E-state index in [-0.39, 0.29) is 13.2 Å². The second-order valence-electron chi connectivity index (χ2n) is 8.93. The fourth-order valence-electron chi connectivity index (χ4n) is 4.21. The highest BCUT2D eigenvalue weighted by Gasteiger charge is 2.54. The summed E-state index contributed by atoms with van der Waals surface area (Å²) in [4.78, 5) is 70.8. The first-order valence-corrected chi connectivity index (χ1v) is 12.1. The molecule has 2 saturated heterocycles. The van der Waals surface area contributed by atoms with Crippen molar-refractivity contribution in [2.45, 2.75) is 104 Å². The second-order valence-corrected chi connectivity index (χ2v) is 8.93. The minimum absolute atomic E-state index is 0.270. The van der Waals surface area contributed by atoms with Crippen LogP contribution >= 0.6 is 0 Å². The molecule has 0 aliphatic carbocycles. The van der Waals surface area contributed by atoms with E-state index in [2.05, 4.69) is 0 Å². The molecule has 220 valence electrons. The largest absolute Gasteiger partial charge is 0.463 e. The molecule has 2 heterocycles. The van der Waals surface area contributed by atoms with Gasteiger partial charge in [-0.15, -0.1) is 0 Å². The van der Waals surface area contributed by atoms with E-state index in [0.717, 1.165) is 34.6 Å². The van der Waals surface area contributed by atoms with E-state index in [4.69, 9.17) is 42.6 Å². The van der Waals surface area contributed by atoms with Crippen LogP contribution in [0.2, 0.25) is 0 Å². The zero-order chi connectivity index (χ0) is 29.4. The van der Waals surface area contributed by atoms with Gasteiger partial charge in [0.1, 0.15) is 18.8 Å². The smallest absolute Gasteiger partial charge is 0.303 e. The predicted molar refractivity (Wildman–Crippen MR) is 123 cm³/mol. The van der Waals surface area contributed by atoms with Gasteiger partial charge in [-0.05, 0) is 6.92 Å². The van der Waals surface area contributed by atoms with Crippen molar-refractivity contribution in [3.63, 3.8) is 0 Å². The lowest BCUT2D eigenvalue weighted by Gasteiger charge is -2.46. The quantitative estimate of drug-likeness (QED) is 0.264. The summed E-state index contributed by atoms with van der Waals surface area (Å²) in [5.41, 5.74) is 0. The number of hydrogen-bond acceptors (Lipinski definition) is 15. The van der Waals surface area contributed by atoms with Crippen LogP contribution in [0.4, 0.5) is 0 Å². The molecule has 15 nitrogen and oxygen atoms in total. The predicted octanol–water partition coefficient (Wildman–Crippen LogP) is -0.263. The van der Waals surface area contributed by atoms with Crippen molar-refractivity contribution >= 4 is 35.8 Å². The molecule has 0 aromatic rings. The van der Waals surface area contributed by atoms with Gasteiger partial charge in [0.25, 0.3) is 0 Å². The summed E-state index contributed by atoms with van der Waals surface area (Å²) in [7, 11) is 0. The van der Waals surface area contributed by atoms with Gasteiger partial charge in [-0.2, -0.15) is 0 Å². The number of esters is 6. The van der Waals surface area contributed by atoms with Crippen molar-refractivity contribution in [2.24, 2.45) is 0 Å². The molecule has 2 rings (SSSR count). The normalized spacial score (nSPS) is 32.2. The van der Waals surface area contributed by atoms with Gasteiger partial charge in [0.05, 0.1) is 12.7 Å². The van der Waals surface area contributed by atoms with Crippen LogP contribution in [0.25, 0.3) is 0 Å². The van der Waals surface area contributed by atoms with E-state index in [1.807, 2.05) is 0 Å². The number of carbonyl (C=O) groups is 6. The highest BCUT2D eigenvalue weighted by Crippen LogP contribution is 2.33. The molecule has 0 radical (unpaired) electrons. The first-order valence-electron chi connectivity index (χ1n) is 12.1. The Kier molecular flexibility index (Phi) is 11.6. The maximum atomic E-state index is 12.0. The van der Waals surface area contributed by atoms with Gasteiger partial charge in [-0.25, -0.2) is 0 Å². The molecular weight excluding hydrogens is 528 g/mol. The lowest BCUT2D eigenvalue weighted by Crippen LogP contribution is -2.64. The summed E-state index contributed by atoms with van der Waals surface area (Å²) in [6.07, 6.45) is -11.0. The van der Waals surface area contributed by atoms with Gasteiger partial charge in [0.15, 0.2) is 36.8 Å². The number of ether oxygens (including phenoxy) is 9. The summed E-state index contributed by atoms with van der Waals surface area (Å²) in [5, 5.41) is 0. The summed E-state index contributed by atoms with van der Waals surface area (Å²) in [6, 6.07) is 0. The Morgan fingerprint density at radius 1 is 0.615 bits per heavy atom. The fraction of sp³-hybridized carbons (Fsp3) is 0.750. The average Bonchev–Trinajstić information content (AvgIpc) is 2.78. The van der Waals surface area contributed by atoms with Crippen LogP contribution in [-0.4, -0.2) is 104 Å². The first kappa shape index (κ1) is 31.9. The number of carbonyl (C=O) groups excluding carboxylic acids is 6. The number of hydrogen-bond donors (Lipinski definition) is 0. The lowest BCUT2D eigenvalue weighted by molar-refractivity contribution is -0.330. The Hall–Kier alpha value is -3.30. The minimum atomic E-state index is -1.45. The molecule has 6 unspecified atom stereocenters. The van der Waals surface area contributed by atoms with Crippen molar-refractivity contribution in [2.75, 3.05) is 13.2 Å². The maximum absolute atomic E-state index is 12.0. The van der Waals surface area contributed by atoms with E-state index in [0.29, 0.717) is 0 Å². The number of rotatable bonds is 9. The molecule has 0 amide bonds. The Morgan fingerprint density at radius 3 is 1.59 bits per heavy atom. The molecule has 0 spiro atoms. The third-order valence-electron chi connectivity index (χ3n) is 5.53. The van der Waals surface area contributed by atoms with Gasteiger partial charge >= 0.3 is 35.8 Å².